The summed E-state index contributed by atoms with van der Waals surface area (Å²) in [5, 5.41) is 3.62. The summed E-state index contributed by atoms with van der Waals surface area (Å²) < 4.78 is 31.2. The molecular formula is C28H25FN2O5S. The maximum Gasteiger partial charge on any atom is 0.341 e. The molecule has 1 aliphatic rings. The van der Waals surface area contributed by atoms with Crippen molar-refractivity contribution in [1.82, 2.24) is 0 Å². The molecule has 1 N–H and O–H groups in total. The summed E-state index contributed by atoms with van der Waals surface area (Å²) in [7, 11) is 1.52. The zero-order valence-electron chi connectivity index (χ0n) is 20.4. The van der Waals surface area contributed by atoms with E-state index >= 15 is 0 Å². The van der Waals surface area contributed by atoms with Crippen molar-refractivity contribution in [2.45, 2.75) is 32.6 Å². The Labute approximate surface area is 216 Å². The second-order valence-corrected chi connectivity index (χ2v) is 9.58. The van der Waals surface area contributed by atoms with Gasteiger partial charge in [0.15, 0.2) is 11.3 Å². The lowest BCUT2D eigenvalue weighted by atomic mass is 9.95. The zero-order chi connectivity index (χ0) is 25.9. The third-order valence-corrected chi connectivity index (χ3v) is 7.35. The van der Waals surface area contributed by atoms with Crippen molar-refractivity contribution in [3.63, 3.8) is 0 Å². The fraction of sp³-hybridized carbons (Fsp3) is 0.250. The fourth-order valence-corrected chi connectivity index (χ4v) is 5.66. The summed E-state index contributed by atoms with van der Waals surface area (Å²) in [6.07, 6.45) is 3.62. The number of halogens is 1. The van der Waals surface area contributed by atoms with E-state index in [1.807, 2.05) is 0 Å². The quantitative estimate of drug-likeness (QED) is 0.307. The number of fused-ring (bicyclic) bond motifs is 2. The van der Waals surface area contributed by atoms with E-state index in [-0.39, 0.29) is 23.4 Å². The van der Waals surface area contributed by atoms with Crippen LogP contribution < -0.4 is 15.6 Å². The number of methoxy groups -OCH3 is 1. The van der Waals surface area contributed by atoms with Crippen molar-refractivity contribution < 1.29 is 27.9 Å². The molecule has 5 rings (SSSR count). The molecule has 0 radical (unpaired) electrons. The van der Waals surface area contributed by atoms with Gasteiger partial charge in [0, 0.05) is 10.3 Å². The lowest BCUT2D eigenvalue weighted by molar-refractivity contribution is 0.0526. The highest BCUT2D eigenvalue weighted by Gasteiger charge is 2.27. The van der Waals surface area contributed by atoms with Crippen molar-refractivity contribution in [3.05, 3.63) is 81.5 Å². The van der Waals surface area contributed by atoms with Crippen LogP contribution in [0, 0.1) is 5.82 Å². The van der Waals surface area contributed by atoms with Gasteiger partial charge in [0.1, 0.15) is 16.4 Å². The molecule has 0 bridgehead atoms. The van der Waals surface area contributed by atoms with E-state index in [0.717, 1.165) is 36.1 Å². The van der Waals surface area contributed by atoms with Gasteiger partial charge in [0.25, 0.3) is 5.91 Å². The van der Waals surface area contributed by atoms with E-state index in [9.17, 15) is 14.0 Å². The summed E-state index contributed by atoms with van der Waals surface area (Å²) in [5.74, 6) is -1.15. The molecular weight excluding hydrogens is 495 g/mol. The fourth-order valence-electron chi connectivity index (χ4n) is 4.42. The molecule has 190 valence electrons. The van der Waals surface area contributed by atoms with Crippen LogP contribution in [0.4, 0.5) is 15.1 Å². The van der Waals surface area contributed by atoms with Gasteiger partial charge >= 0.3 is 5.97 Å². The van der Waals surface area contributed by atoms with Crippen LogP contribution >= 0.6 is 11.3 Å². The number of ether oxygens (including phenoxy) is 2. The highest BCUT2D eigenvalue weighted by atomic mass is 32.1. The van der Waals surface area contributed by atoms with E-state index in [4.69, 9.17) is 18.9 Å². The Morgan fingerprint density at radius 2 is 1.95 bits per heavy atom. The maximum atomic E-state index is 14.3. The number of anilines is 1. The van der Waals surface area contributed by atoms with Crippen LogP contribution in [0.1, 0.15) is 50.9 Å². The van der Waals surface area contributed by atoms with E-state index in [1.54, 1.807) is 43.3 Å². The number of benzene rings is 2. The molecule has 2 aromatic heterocycles. The zero-order valence-corrected chi connectivity index (χ0v) is 21.2. The van der Waals surface area contributed by atoms with E-state index in [2.05, 4.69) is 5.32 Å². The standard InChI is InChI=1S/C28H25FN2O5S/c1-3-35-28(33)23-17-10-4-7-14-22(17)37-27(23)31-26-18(25(32)30-20-12-6-5-11-19(20)29)15-16-9-8-13-21(34-2)24(16)36-26/h5-6,8-9,11-13,15H,3-4,7,10,14H2,1-2H3,(H,30,32)/b31-26-. The van der Waals surface area contributed by atoms with Gasteiger partial charge in [-0.25, -0.2) is 14.2 Å². The minimum Gasteiger partial charge on any atom is -0.493 e. The lowest BCUT2D eigenvalue weighted by Gasteiger charge is -2.12. The molecule has 0 atom stereocenters. The van der Waals surface area contributed by atoms with Crippen LogP contribution in [-0.2, 0) is 17.6 Å². The van der Waals surface area contributed by atoms with Crippen LogP contribution in [0.3, 0.4) is 0 Å². The minimum absolute atomic E-state index is 0.0185. The first-order valence-electron chi connectivity index (χ1n) is 12.0. The summed E-state index contributed by atoms with van der Waals surface area (Å²) in [4.78, 5) is 32.1. The third-order valence-electron chi connectivity index (χ3n) is 6.16. The van der Waals surface area contributed by atoms with Crippen molar-refractivity contribution in [2.24, 2.45) is 4.99 Å². The van der Waals surface area contributed by atoms with Crippen LogP contribution in [0.5, 0.6) is 5.75 Å². The normalized spacial score (nSPS) is 13.3. The highest BCUT2D eigenvalue weighted by Crippen LogP contribution is 2.40. The Hall–Kier alpha value is -3.98. The number of hydrogen-bond donors (Lipinski definition) is 1. The van der Waals surface area contributed by atoms with Gasteiger partial charge < -0.3 is 19.2 Å². The predicted octanol–water partition coefficient (Wildman–Crippen LogP) is 6.18. The van der Waals surface area contributed by atoms with Gasteiger partial charge in [-0.2, -0.15) is 0 Å². The van der Waals surface area contributed by atoms with Gasteiger partial charge in [-0.3, -0.25) is 4.79 Å². The number of amides is 1. The topological polar surface area (TPSA) is 90.1 Å². The first-order valence-corrected chi connectivity index (χ1v) is 12.8. The molecule has 1 aliphatic carbocycles. The number of nitrogens with one attached hydrogen (secondary N) is 1. The number of carbonyl (C=O) groups excluding carboxylic acids is 2. The lowest BCUT2D eigenvalue weighted by Crippen LogP contribution is -2.22. The molecule has 0 fully saturated rings. The molecule has 0 spiro atoms. The van der Waals surface area contributed by atoms with Crippen molar-refractivity contribution >= 4 is 44.9 Å². The van der Waals surface area contributed by atoms with Crippen molar-refractivity contribution in [2.75, 3.05) is 19.0 Å². The molecule has 0 saturated carbocycles. The summed E-state index contributed by atoms with van der Waals surface area (Å²) in [6, 6.07) is 12.8. The Morgan fingerprint density at radius 1 is 1.14 bits per heavy atom. The number of para-hydroxylation sites is 2. The van der Waals surface area contributed by atoms with Crippen LogP contribution in [0.25, 0.3) is 11.0 Å². The summed E-state index contributed by atoms with van der Waals surface area (Å²) in [5.41, 5.74) is 1.86. The van der Waals surface area contributed by atoms with Crippen LogP contribution in [0.15, 0.2) is 57.9 Å². The SMILES string of the molecule is CCOC(=O)c1c(/N=c2\oc3c(OC)cccc3cc2C(=O)Nc2ccccc2F)sc2c1CCCC2. The average molecular weight is 521 g/mol. The molecule has 9 heteroatoms. The Morgan fingerprint density at radius 3 is 2.73 bits per heavy atom. The Balaban J connectivity index is 1.72. The second kappa shape index (κ2) is 10.6. The Bertz CT molecular complexity index is 1570. The van der Waals surface area contributed by atoms with Gasteiger partial charge in [0.2, 0.25) is 5.55 Å². The molecule has 0 aliphatic heterocycles. The number of hydrogen-bond acceptors (Lipinski definition) is 7. The molecule has 7 nitrogen and oxygen atoms in total. The predicted molar refractivity (Wildman–Crippen MR) is 139 cm³/mol. The second-order valence-electron chi connectivity index (χ2n) is 8.50. The Kier molecular flexibility index (Phi) is 7.05. The molecule has 0 saturated heterocycles. The average Bonchev–Trinajstić information content (AvgIpc) is 3.27. The number of carbonyl (C=O) groups is 2. The largest absolute Gasteiger partial charge is 0.493 e. The van der Waals surface area contributed by atoms with Crippen LogP contribution in [-0.4, -0.2) is 25.6 Å². The van der Waals surface area contributed by atoms with Gasteiger partial charge in [-0.05, 0) is 62.4 Å². The molecule has 0 unspecified atom stereocenters. The monoisotopic (exact) mass is 520 g/mol. The van der Waals surface area contributed by atoms with E-state index < -0.39 is 17.7 Å². The van der Waals surface area contributed by atoms with Crippen LogP contribution in [0.2, 0.25) is 0 Å². The molecule has 2 heterocycles. The molecule has 4 aromatic rings. The smallest absolute Gasteiger partial charge is 0.341 e. The molecule has 1 amide bonds. The molecule has 2 aromatic carbocycles. The molecule has 37 heavy (non-hydrogen) atoms. The number of rotatable bonds is 6. The van der Waals surface area contributed by atoms with Gasteiger partial charge in [-0.15, -0.1) is 11.3 Å². The third kappa shape index (κ3) is 4.86. The van der Waals surface area contributed by atoms with Gasteiger partial charge in [-0.1, -0.05) is 24.3 Å². The summed E-state index contributed by atoms with van der Waals surface area (Å²) in [6.45, 7) is 1.99. The van der Waals surface area contributed by atoms with E-state index in [0.29, 0.717) is 27.3 Å². The maximum absolute atomic E-state index is 14.3. The summed E-state index contributed by atoms with van der Waals surface area (Å²) >= 11 is 1.40. The number of thiophene rings is 1. The number of nitrogens with zero attached hydrogens (tertiary/aromatic N) is 1. The first kappa shape index (κ1) is 24.7. The van der Waals surface area contributed by atoms with Gasteiger partial charge in [0.05, 0.1) is 25.0 Å². The van der Waals surface area contributed by atoms with Crippen molar-refractivity contribution in [3.8, 4) is 5.75 Å². The number of esters is 1. The van der Waals surface area contributed by atoms with E-state index in [1.165, 1.54) is 30.6 Å². The van der Waals surface area contributed by atoms with Crippen molar-refractivity contribution in [1.29, 1.82) is 0 Å². The minimum atomic E-state index is -0.601. The highest BCUT2D eigenvalue weighted by molar-refractivity contribution is 7.16. The number of aryl methyl sites for hydroxylation is 1. The first-order chi connectivity index (χ1) is 18.0.